The van der Waals surface area contributed by atoms with Crippen LogP contribution >= 0.6 is 23.2 Å². The van der Waals surface area contributed by atoms with Crippen molar-refractivity contribution >= 4 is 45.1 Å². The lowest BCUT2D eigenvalue weighted by molar-refractivity contribution is -0.136. The van der Waals surface area contributed by atoms with Gasteiger partial charge in [0, 0.05) is 30.6 Å². The van der Waals surface area contributed by atoms with E-state index in [9.17, 15) is 13.2 Å². The van der Waals surface area contributed by atoms with E-state index >= 15 is 0 Å². The molecule has 0 heterocycles. The molecule has 7 nitrogen and oxygen atoms in total. The van der Waals surface area contributed by atoms with Gasteiger partial charge in [0.2, 0.25) is 0 Å². The molecule has 0 aliphatic rings. The van der Waals surface area contributed by atoms with Gasteiger partial charge in [-0.1, -0.05) is 0 Å². The summed E-state index contributed by atoms with van der Waals surface area (Å²) in [6.07, 6.45) is 0.0625. The first-order valence-corrected chi connectivity index (χ1v) is 7.98. The normalized spacial score (nSPS) is 12.7. The number of carboxylic acid groups (broad SMARTS) is 1. The van der Waals surface area contributed by atoms with Gasteiger partial charge < -0.3 is 5.11 Å². The van der Waals surface area contributed by atoms with Crippen molar-refractivity contribution in [2.75, 3.05) is 24.8 Å². The summed E-state index contributed by atoms with van der Waals surface area (Å²) in [5.41, 5.74) is 0.377. The largest absolute Gasteiger partial charge is 0.481 e. The van der Waals surface area contributed by atoms with Crippen LogP contribution in [0.15, 0.2) is 5.10 Å². The number of nitrogens with zero attached hydrogens (tertiary/aromatic N) is 2. The van der Waals surface area contributed by atoms with Gasteiger partial charge in [-0.15, -0.1) is 23.2 Å². The molecule has 0 aliphatic heterocycles. The Hall–Kier alpha value is -0.570. The van der Waals surface area contributed by atoms with E-state index in [0.29, 0.717) is 5.71 Å². The summed E-state index contributed by atoms with van der Waals surface area (Å²) in [4.78, 5) is 12.4. The number of carboxylic acids is 1. The molecule has 0 fully saturated rings. The first-order valence-electron chi connectivity index (χ1n) is 5.47. The molecule has 0 aromatic heterocycles. The summed E-state index contributed by atoms with van der Waals surface area (Å²) in [5, 5.41) is 12.1. The molecule has 0 aromatic carbocycles. The number of rotatable bonds is 10. The van der Waals surface area contributed by atoms with Crippen LogP contribution in [0.3, 0.4) is 0 Å². The molecule has 2 N–H and O–H groups in total. The minimum absolute atomic E-state index is 0.107. The van der Waals surface area contributed by atoms with Crippen LogP contribution in [-0.4, -0.2) is 54.4 Å². The number of aliphatic carboxylic acids is 1. The number of alkyl halides is 2. The molecule has 0 atom stereocenters. The summed E-state index contributed by atoms with van der Waals surface area (Å²) in [7, 11) is -3.80. The third-order valence-electron chi connectivity index (χ3n) is 2.06. The van der Waals surface area contributed by atoms with Gasteiger partial charge >= 0.3 is 16.2 Å². The second kappa shape index (κ2) is 9.35. The predicted octanol–water partition coefficient (Wildman–Crippen LogP) is 0.841. The minimum Gasteiger partial charge on any atom is -0.481 e. The maximum absolute atomic E-state index is 11.8. The average Bonchev–Trinajstić information content (AvgIpc) is 2.33. The van der Waals surface area contributed by atoms with Gasteiger partial charge in [0.15, 0.2) is 0 Å². The molecule has 0 spiro atoms. The van der Waals surface area contributed by atoms with Crippen LogP contribution in [0, 0.1) is 0 Å². The van der Waals surface area contributed by atoms with Crippen molar-refractivity contribution in [3.8, 4) is 0 Å². The molecule has 0 rings (SSSR count). The smallest absolute Gasteiger partial charge is 0.316 e. The van der Waals surface area contributed by atoms with Crippen LogP contribution in [-0.2, 0) is 15.0 Å². The monoisotopic (exact) mass is 333 g/mol. The van der Waals surface area contributed by atoms with Crippen LogP contribution < -0.4 is 4.83 Å². The third-order valence-corrected chi connectivity index (χ3v) is 3.77. The fraction of sp³-hybridized carbons (Fsp3) is 0.778. The highest BCUT2D eigenvalue weighted by Gasteiger charge is 2.20. The first-order chi connectivity index (χ1) is 8.83. The Morgan fingerprint density at radius 1 is 1.26 bits per heavy atom. The third kappa shape index (κ3) is 8.25. The molecule has 0 unspecified atom stereocenters. The Morgan fingerprint density at radius 3 is 2.21 bits per heavy atom. The van der Waals surface area contributed by atoms with Crippen molar-refractivity contribution in [1.29, 1.82) is 0 Å². The molecule has 10 heteroatoms. The zero-order valence-electron chi connectivity index (χ0n) is 10.5. The summed E-state index contributed by atoms with van der Waals surface area (Å²) in [5.74, 6) is -0.692. The average molecular weight is 334 g/mol. The number of hydrogen-bond donors (Lipinski definition) is 2. The first kappa shape index (κ1) is 18.4. The summed E-state index contributed by atoms with van der Waals surface area (Å²) >= 11 is 11.0. The quantitative estimate of drug-likeness (QED) is 0.351. The van der Waals surface area contributed by atoms with E-state index in [0.717, 1.165) is 4.31 Å². The van der Waals surface area contributed by atoms with Crippen molar-refractivity contribution < 1.29 is 18.3 Å². The van der Waals surface area contributed by atoms with Crippen molar-refractivity contribution in [3.05, 3.63) is 0 Å². The van der Waals surface area contributed by atoms with E-state index in [1.165, 1.54) is 0 Å². The summed E-state index contributed by atoms with van der Waals surface area (Å²) in [6, 6.07) is 0. The molecule has 0 aliphatic carbocycles. The molecule has 0 bridgehead atoms. The summed E-state index contributed by atoms with van der Waals surface area (Å²) < 4.78 is 24.7. The van der Waals surface area contributed by atoms with Gasteiger partial charge in [-0.2, -0.15) is 22.7 Å². The van der Waals surface area contributed by atoms with Crippen molar-refractivity contribution in [3.63, 3.8) is 0 Å². The highest BCUT2D eigenvalue weighted by molar-refractivity contribution is 7.87. The Bertz CT molecular complexity index is 408. The van der Waals surface area contributed by atoms with Gasteiger partial charge in [-0.25, -0.2) is 0 Å². The molecule has 112 valence electrons. The van der Waals surface area contributed by atoms with Gasteiger partial charge in [-0.05, 0) is 13.3 Å². The fourth-order valence-electron chi connectivity index (χ4n) is 1.08. The summed E-state index contributed by atoms with van der Waals surface area (Å²) in [6.45, 7) is 1.78. The molecular weight excluding hydrogens is 317 g/mol. The molecule has 0 saturated carbocycles. The Kier molecular flexibility index (Phi) is 9.07. The minimum atomic E-state index is -3.80. The number of halogens is 2. The van der Waals surface area contributed by atoms with Gasteiger partial charge in [0.25, 0.3) is 0 Å². The van der Waals surface area contributed by atoms with E-state index in [1.54, 1.807) is 6.92 Å². The fourth-order valence-corrected chi connectivity index (χ4v) is 2.74. The maximum Gasteiger partial charge on any atom is 0.316 e. The van der Waals surface area contributed by atoms with Crippen molar-refractivity contribution in [1.82, 2.24) is 9.14 Å². The van der Waals surface area contributed by atoms with E-state index < -0.39 is 16.2 Å². The maximum atomic E-state index is 11.8. The van der Waals surface area contributed by atoms with Crippen LogP contribution in [0.25, 0.3) is 0 Å². The second-order valence-electron chi connectivity index (χ2n) is 3.61. The van der Waals surface area contributed by atoms with Crippen molar-refractivity contribution in [2.45, 2.75) is 19.8 Å². The number of hydrazone groups is 1. The van der Waals surface area contributed by atoms with Gasteiger partial charge in [0.1, 0.15) is 0 Å². The molecule has 0 amide bonds. The van der Waals surface area contributed by atoms with E-state index in [4.69, 9.17) is 28.3 Å². The Morgan fingerprint density at radius 2 is 1.79 bits per heavy atom. The van der Waals surface area contributed by atoms with Crippen molar-refractivity contribution in [2.24, 2.45) is 5.10 Å². The van der Waals surface area contributed by atoms with E-state index in [2.05, 4.69) is 5.10 Å². The predicted molar refractivity (Wildman–Crippen MR) is 75.0 cm³/mol. The zero-order valence-corrected chi connectivity index (χ0v) is 12.8. The van der Waals surface area contributed by atoms with Crippen LogP contribution in [0.4, 0.5) is 0 Å². The zero-order chi connectivity index (χ0) is 14.9. The molecule has 0 saturated heterocycles. The Labute approximate surface area is 122 Å². The topological polar surface area (TPSA) is 99.1 Å². The van der Waals surface area contributed by atoms with E-state index in [1.807, 2.05) is 4.83 Å². The number of hydrogen-bond acceptors (Lipinski definition) is 4. The Balaban J connectivity index is 4.56. The van der Waals surface area contributed by atoms with Crippen LogP contribution in [0.2, 0.25) is 0 Å². The SMILES string of the molecule is CC(CCC(=O)O)=NNS(=O)(=O)N(CCCl)CCCl. The highest BCUT2D eigenvalue weighted by Crippen LogP contribution is 2.01. The lowest BCUT2D eigenvalue weighted by Crippen LogP contribution is -2.41. The molecule has 0 aromatic rings. The molecular formula is C9H17Cl2N3O4S. The number of carbonyl (C=O) groups is 1. The van der Waals surface area contributed by atoms with Crippen LogP contribution in [0.5, 0.6) is 0 Å². The standard InChI is InChI=1S/C9H17Cl2N3O4S/c1-8(2-3-9(15)16)12-13-19(17,18)14(6-4-10)7-5-11/h13H,2-7H2,1H3,(H,15,16). The van der Waals surface area contributed by atoms with Gasteiger partial charge in [-0.3, -0.25) is 4.79 Å². The number of nitrogens with one attached hydrogen (secondary N) is 1. The molecule has 19 heavy (non-hydrogen) atoms. The lowest BCUT2D eigenvalue weighted by atomic mass is 10.2. The highest BCUT2D eigenvalue weighted by atomic mass is 35.5. The van der Waals surface area contributed by atoms with Crippen LogP contribution in [0.1, 0.15) is 19.8 Å². The second-order valence-corrected chi connectivity index (χ2v) is 6.02. The van der Waals surface area contributed by atoms with E-state index in [-0.39, 0.29) is 37.7 Å². The lowest BCUT2D eigenvalue weighted by Gasteiger charge is -2.19. The molecule has 0 radical (unpaired) electrons. The van der Waals surface area contributed by atoms with Gasteiger partial charge in [0.05, 0.1) is 6.42 Å².